The van der Waals surface area contributed by atoms with Gasteiger partial charge in [0.1, 0.15) is 0 Å². The predicted octanol–water partition coefficient (Wildman–Crippen LogP) is 2.60. The molecule has 1 aliphatic heterocycles. The number of rotatable bonds is 6. The van der Waals surface area contributed by atoms with Crippen LogP contribution in [0.25, 0.3) is 0 Å². The number of aliphatic imine (C=N–C) groups is 1. The summed E-state index contributed by atoms with van der Waals surface area (Å²) in [6.07, 6.45) is 5.96. The largest absolute Gasteiger partial charge is 0.365 e. The summed E-state index contributed by atoms with van der Waals surface area (Å²) in [6.45, 7) is 4.33. The molecule has 1 heterocycles. The summed E-state index contributed by atoms with van der Waals surface area (Å²) in [5, 5.41) is 5.30. The predicted molar refractivity (Wildman–Crippen MR) is 69.6 cm³/mol. The summed E-state index contributed by atoms with van der Waals surface area (Å²) in [7, 11) is 0. The normalized spacial score (nSPS) is 21.0. The van der Waals surface area contributed by atoms with E-state index >= 15 is 0 Å². The van der Waals surface area contributed by atoms with E-state index < -0.39 is 0 Å². The van der Waals surface area contributed by atoms with E-state index in [1.807, 2.05) is 23.5 Å². The maximum atomic E-state index is 4.47. The molecule has 4 heteroatoms. The molecular formula is C10H20N2S2. The summed E-state index contributed by atoms with van der Waals surface area (Å²) >= 11 is 3.83. The summed E-state index contributed by atoms with van der Waals surface area (Å²) in [5.41, 5.74) is 0. The quantitative estimate of drug-likeness (QED) is 0.712. The highest BCUT2D eigenvalue weighted by molar-refractivity contribution is 8.14. The molecule has 0 fully saturated rings. The molecule has 1 N–H and O–H groups in total. The SMILES string of the molecule is CCC1CN=C(NCCCCSC)S1. The van der Waals surface area contributed by atoms with Crippen LogP contribution in [-0.2, 0) is 0 Å². The van der Waals surface area contributed by atoms with Crippen LogP contribution >= 0.6 is 23.5 Å². The lowest BCUT2D eigenvalue weighted by atomic mass is 10.3. The minimum Gasteiger partial charge on any atom is -0.365 e. The lowest BCUT2D eigenvalue weighted by Gasteiger charge is -2.06. The molecule has 0 aromatic heterocycles. The number of nitrogens with one attached hydrogen (secondary N) is 1. The number of unbranched alkanes of at least 4 members (excludes halogenated alkanes) is 1. The lowest BCUT2D eigenvalue weighted by Crippen LogP contribution is -2.20. The first-order valence-electron chi connectivity index (χ1n) is 5.30. The fourth-order valence-electron chi connectivity index (χ4n) is 1.29. The van der Waals surface area contributed by atoms with Crippen molar-refractivity contribution in [2.24, 2.45) is 4.99 Å². The van der Waals surface area contributed by atoms with Gasteiger partial charge in [0, 0.05) is 11.8 Å². The Morgan fingerprint density at radius 2 is 2.43 bits per heavy atom. The van der Waals surface area contributed by atoms with Crippen molar-refractivity contribution >= 4 is 28.7 Å². The zero-order chi connectivity index (χ0) is 10.2. The molecule has 14 heavy (non-hydrogen) atoms. The topological polar surface area (TPSA) is 24.4 Å². The summed E-state index contributed by atoms with van der Waals surface area (Å²) in [4.78, 5) is 4.47. The van der Waals surface area contributed by atoms with Gasteiger partial charge in [-0.1, -0.05) is 18.7 Å². The Kier molecular flexibility index (Phi) is 6.52. The Morgan fingerprint density at radius 3 is 3.07 bits per heavy atom. The van der Waals surface area contributed by atoms with Gasteiger partial charge in [0.15, 0.2) is 5.17 Å². The summed E-state index contributed by atoms with van der Waals surface area (Å²) in [6, 6.07) is 0. The van der Waals surface area contributed by atoms with Gasteiger partial charge in [-0.3, -0.25) is 4.99 Å². The maximum Gasteiger partial charge on any atom is 0.156 e. The lowest BCUT2D eigenvalue weighted by molar-refractivity contribution is 0.763. The van der Waals surface area contributed by atoms with Crippen LogP contribution in [0.3, 0.4) is 0 Å². The Labute approximate surface area is 95.7 Å². The minimum atomic E-state index is 0.726. The van der Waals surface area contributed by atoms with Crippen molar-refractivity contribution in [3.63, 3.8) is 0 Å². The third kappa shape index (κ3) is 4.60. The van der Waals surface area contributed by atoms with E-state index in [0.717, 1.165) is 18.3 Å². The average Bonchev–Trinajstić information content (AvgIpc) is 2.65. The summed E-state index contributed by atoms with van der Waals surface area (Å²) in [5.74, 6) is 1.28. The van der Waals surface area contributed by atoms with Crippen LogP contribution in [0.1, 0.15) is 26.2 Å². The average molecular weight is 232 g/mol. The van der Waals surface area contributed by atoms with E-state index in [9.17, 15) is 0 Å². The molecule has 1 rings (SSSR count). The number of thioether (sulfide) groups is 2. The second-order valence-corrected chi connectivity index (χ2v) is 5.70. The second kappa shape index (κ2) is 7.46. The Hall–Kier alpha value is 0.170. The van der Waals surface area contributed by atoms with Crippen LogP contribution in [0.4, 0.5) is 0 Å². The van der Waals surface area contributed by atoms with Gasteiger partial charge in [0.05, 0.1) is 6.54 Å². The third-order valence-electron chi connectivity index (χ3n) is 2.22. The molecule has 1 atom stereocenters. The van der Waals surface area contributed by atoms with E-state index in [1.165, 1.54) is 30.2 Å². The molecule has 0 saturated heterocycles. The highest BCUT2D eigenvalue weighted by Crippen LogP contribution is 2.21. The highest BCUT2D eigenvalue weighted by Gasteiger charge is 2.16. The second-order valence-electron chi connectivity index (χ2n) is 3.42. The van der Waals surface area contributed by atoms with Crippen molar-refractivity contribution in [1.29, 1.82) is 0 Å². The van der Waals surface area contributed by atoms with Gasteiger partial charge in [-0.25, -0.2) is 0 Å². The number of hydrogen-bond acceptors (Lipinski definition) is 4. The molecule has 0 saturated carbocycles. The molecule has 0 bridgehead atoms. The zero-order valence-electron chi connectivity index (χ0n) is 9.08. The third-order valence-corrected chi connectivity index (χ3v) is 4.23. The van der Waals surface area contributed by atoms with Crippen molar-refractivity contribution in [2.75, 3.05) is 25.1 Å². The molecule has 0 aromatic carbocycles. The Bertz CT molecular complexity index is 183. The molecule has 2 nitrogen and oxygen atoms in total. The Balaban J connectivity index is 1.97. The van der Waals surface area contributed by atoms with Crippen LogP contribution in [0.5, 0.6) is 0 Å². The zero-order valence-corrected chi connectivity index (χ0v) is 10.7. The first-order chi connectivity index (χ1) is 6.86. The first kappa shape index (κ1) is 12.2. The van der Waals surface area contributed by atoms with Crippen molar-refractivity contribution < 1.29 is 0 Å². The van der Waals surface area contributed by atoms with Gasteiger partial charge in [-0.2, -0.15) is 11.8 Å². The summed E-state index contributed by atoms with van der Waals surface area (Å²) < 4.78 is 0. The van der Waals surface area contributed by atoms with Gasteiger partial charge in [-0.05, 0) is 31.3 Å². The highest BCUT2D eigenvalue weighted by atomic mass is 32.2. The van der Waals surface area contributed by atoms with Crippen molar-refractivity contribution in [3.05, 3.63) is 0 Å². The van der Waals surface area contributed by atoms with Gasteiger partial charge in [0.25, 0.3) is 0 Å². The fraction of sp³-hybridized carbons (Fsp3) is 0.900. The van der Waals surface area contributed by atoms with Gasteiger partial charge < -0.3 is 5.32 Å². The van der Waals surface area contributed by atoms with Gasteiger partial charge in [0.2, 0.25) is 0 Å². The molecule has 0 aliphatic carbocycles. The number of hydrogen-bond donors (Lipinski definition) is 1. The van der Waals surface area contributed by atoms with Gasteiger partial charge >= 0.3 is 0 Å². The number of amidine groups is 1. The van der Waals surface area contributed by atoms with Crippen molar-refractivity contribution in [1.82, 2.24) is 5.32 Å². The van der Waals surface area contributed by atoms with E-state index in [-0.39, 0.29) is 0 Å². The molecule has 0 aromatic rings. The van der Waals surface area contributed by atoms with Crippen LogP contribution in [-0.4, -0.2) is 35.5 Å². The van der Waals surface area contributed by atoms with E-state index in [2.05, 4.69) is 23.5 Å². The van der Waals surface area contributed by atoms with Crippen molar-refractivity contribution in [3.8, 4) is 0 Å². The number of nitrogens with zero attached hydrogens (tertiary/aromatic N) is 1. The van der Waals surface area contributed by atoms with Crippen LogP contribution < -0.4 is 5.32 Å². The minimum absolute atomic E-state index is 0.726. The van der Waals surface area contributed by atoms with E-state index in [0.29, 0.717) is 0 Å². The van der Waals surface area contributed by atoms with E-state index in [1.54, 1.807) is 0 Å². The maximum absolute atomic E-state index is 4.47. The molecule has 1 aliphatic rings. The molecule has 82 valence electrons. The van der Waals surface area contributed by atoms with Crippen LogP contribution in [0, 0.1) is 0 Å². The monoisotopic (exact) mass is 232 g/mol. The van der Waals surface area contributed by atoms with Gasteiger partial charge in [-0.15, -0.1) is 0 Å². The standard InChI is InChI=1S/C10H20N2S2/c1-3-9-8-12-10(14-9)11-6-4-5-7-13-2/h9H,3-8H2,1-2H3,(H,11,12). The Morgan fingerprint density at radius 1 is 1.57 bits per heavy atom. The van der Waals surface area contributed by atoms with Crippen LogP contribution in [0.2, 0.25) is 0 Å². The molecule has 0 radical (unpaired) electrons. The van der Waals surface area contributed by atoms with Crippen molar-refractivity contribution in [2.45, 2.75) is 31.4 Å². The molecule has 0 spiro atoms. The molecule has 0 amide bonds. The fourth-order valence-corrected chi connectivity index (χ4v) is 2.75. The smallest absolute Gasteiger partial charge is 0.156 e. The molecular weight excluding hydrogens is 212 g/mol. The first-order valence-corrected chi connectivity index (χ1v) is 7.58. The molecule has 1 unspecified atom stereocenters. The van der Waals surface area contributed by atoms with Crippen LogP contribution in [0.15, 0.2) is 4.99 Å². The van der Waals surface area contributed by atoms with E-state index in [4.69, 9.17) is 0 Å².